The zero-order valence-corrected chi connectivity index (χ0v) is 15.9. The summed E-state index contributed by atoms with van der Waals surface area (Å²) in [7, 11) is 0. The number of aldehydes is 1. The van der Waals surface area contributed by atoms with Crippen molar-refractivity contribution in [2.45, 2.75) is 13.3 Å². The van der Waals surface area contributed by atoms with Gasteiger partial charge in [-0.05, 0) is 35.3 Å². The second-order valence-corrected chi connectivity index (χ2v) is 9.27. The van der Waals surface area contributed by atoms with Gasteiger partial charge < -0.3 is 4.74 Å². The molecule has 0 fully saturated rings. The van der Waals surface area contributed by atoms with E-state index >= 15 is 0 Å². The molecule has 132 valence electrons. The third-order valence-electron chi connectivity index (χ3n) is 4.43. The number of rotatable bonds is 7. The second-order valence-electron chi connectivity index (χ2n) is 6.14. The normalized spacial score (nSPS) is 11.1. The largest absolute Gasteiger partial charge is 0.493 e. The lowest BCUT2D eigenvalue weighted by Crippen LogP contribution is -2.28. The van der Waals surface area contributed by atoms with Crippen molar-refractivity contribution in [3.8, 4) is 5.75 Å². The molecule has 0 aliphatic rings. The van der Waals surface area contributed by atoms with Gasteiger partial charge in [-0.2, -0.15) is 0 Å². The molecule has 0 saturated heterocycles. The van der Waals surface area contributed by atoms with Crippen LogP contribution in [0.1, 0.15) is 23.7 Å². The van der Waals surface area contributed by atoms with Gasteiger partial charge in [0.2, 0.25) is 0 Å². The van der Waals surface area contributed by atoms with Crippen molar-refractivity contribution in [2.75, 3.05) is 6.61 Å². The van der Waals surface area contributed by atoms with E-state index in [0.717, 1.165) is 28.6 Å². The maximum absolute atomic E-state index is 12.0. The third-order valence-corrected chi connectivity index (χ3v) is 8.00. The molecule has 0 saturated carbocycles. The van der Waals surface area contributed by atoms with Gasteiger partial charge in [-0.25, -0.2) is 0 Å². The molecule has 3 heteroatoms. The molecule has 0 aromatic heterocycles. The van der Waals surface area contributed by atoms with Crippen LogP contribution in [0.2, 0.25) is 0 Å². The summed E-state index contributed by atoms with van der Waals surface area (Å²) in [5.74, 6) is 0.638. The van der Waals surface area contributed by atoms with Crippen LogP contribution >= 0.6 is 6.89 Å². The Balaban J connectivity index is 2.28. The van der Waals surface area contributed by atoms with Gasteiger partial charge in [0.25, 0.3) is 0 Å². The minimum Gasteiger partial charge on any atom is -0.493 e. The molecular weight excluding hydrogens is 339 g/mol. The Morgan fingerprint density at radius 2 is 1.46 bits per heavy atom. The highest BCUT2D eigenvalue weighted by molar-refractivity contribution is 7.93. The fourth-order valence-electron chi connectivity index (χ4n) is 3.11. The van der Waals surface area contributed by atoms with Gasteiger partial charge in [-0.3, -0.25) is 4.79 Å². The topological polar surface area (TPSA) is 26.3 Å². The molecule has 0 bridgehead atoms. The zero-order chi connectivity index (χ0) is 18.4. The fraction of sp³-hybridized carbons (Fsp3) is 0.130. The molecule has 3 rings (SSSR count). The van der Waals surface area contributed by atoms with Gasteiger partial charge in [-0.1, -0.05) is 86.0 Å². The van der Waals surface area contributed by atoms with E-state index in [9.17, 15) is 4.79 Å². The van der Waals surface area contributed by atoms with Crippen molar-refractivity contribution in [2.24, 2.45) is 0 Å². The van der Waals surface area contributed by atoms with Crippen molar-refractivity contribution >= 4 is 35.4 Å². The number of benzene rings is 3. The third kappa shape index (κ3) is 3.38. The Hall–Kier alpha value is -2.57. The second kappa shape index (κ2) is 8.21. The first kappa shape index (κ1) is 18.2. The van der Waals surface area contributed by atoms with Crippen LogP contribution in [0.25, 0.3) is 0 Å². The zero-order valence-electron chi connectivity index (χ0n) is 15.0. The molecule has 2 nitrogen and oxygen atoms in total. The van der Waals surface area contributed by atoms with Crippen molar-refractivity contribution < 1.29 is 9.53 Å². The Kier molecular flexibility index (Phi) is 5.75. The summed E-state index contributed by atoms with van der Waals surface area (Å²) in [6, 6.07) is 26.3. The molecule has 3 aromatic carbocycles. The molecular formula is C23H23O2P. The first-order chi connectivity index (χ1) is 12.7. The van der Waals surface area contributed by atoms with E-state index in [4.69, 9.17) is 11.0 Å². The summed E-state index contributed by atoms with van der Waals surface area (Å²) in [5, 5.41) is 3.24. The molecule has 0 radical (unpaired) electrons. The van der Waals surface area contributed by atoms with E-state index in [0.29, 0.717) is 17.9 Å². The lowest BCUT2D eigenvalue weighted by molar-refractivity contribution is 0.112. The smallest absolute Gasteiger partial charge is 0.154 e. The standard InChI is InChI=1S/C23H23O2P/c1-3-17-25-22-15-10-16-23(21(22)18-24)26(2,19-11-6-4-7-12-19)20-13-8-5-9-14-20/h4-16,18H,2-3,17H2,1H3. The highest BCUT2D eigenvalue weighted by Gasteiger charge is 2.26. The Bertz CT molecular complexity index is 874. The number of carbonyl (C=O) groups excluding carboxylic acids is 1. The van der Waals surface area contributed by atoms with Gasteiger partial charge in [0.05, 0.1) is 12.2 Å². The Morgan fingerprint density at radius 1 is 0.885 bits per heavy atom. The molecule has 0 unspecified atom stereocenters. The molecule has 0 aliphatic heterocycles. The van der Waals surface area contributed by atoms with Crippen molar-refractivity contribution in [3.63, 3.8) is 0 Å². The van der Waals surface area contributed by atoms with E-state index in [-0.39, 0.29) is 0 Å². The minimum absolute atomic E-state index is 0.587. The van der Waals surface area contributed by atoms with Crippen LogP contribution in [0.3, 0.4) is 0 Å². The van der Waals surface area contributed by atoms with E-state index < -0.39 is 6.89 Å². The number of hydrogen-bond donors (Lipinski definition) is 0. The average molecular weight is 362 g/mol. The number of ether oxygens (including phenoxy) is 1. The van der Waals surface area contributed by atoms with Crippen LogP contribution in [-0.4, -0.2) is 19.2 Å². The summed E-state index contributed by atoms with van der Waals surface area (Å²) in [6.07, 6.45) is 6.51. The molecule has 3 aromatic rings. The summed E-state index contributed by atoms with van der Waals surface area (Å²) in [5.41, 5.74) is 0.608. The van der Waals surface area contributed by atoms with Crippen molar-refractivity contribution in [1.29, 1.82) is 0 Å². The Morgan fingerprint density at radius 3 is 1.96 bits per heavy atom. The van der Waals surface area contributed by atoms with Crippen LogP contribution in [0.4, 0.5) is 0 Å². The summed E-state index contributed by atoms with van der Waals surface area (Å²) >= 11 is 0. The molecule has 0 N–H and O–H groups in total. The van der Waals surface area contributed by atoms with E-state index in [1.165, 1.54) is 0 Å². The number of hydrogen-bond acceptors (Lipinski definition) is 2. The first-order valence-corrected chi connectivity index (χ1v) is 10.8. The van der Waals surface area contributed by atoms with Gasteiger partial charge in [0, 0.05) is 0 Å². The highest BCUT2D eigenvalue weighted by atomic mass is 31.2. The van der Waals surface area contributed by atoms with Crippen LogP contribution < -0.4 is 20.7 Å². The maximum Gasteiger partial charge on any atom is 0.154 e. The van der Waals surface area contributed by atoms with Crippen LogP contribution in [0, 0.1) is 0 Å². The van der Waals surface area contributed by atoms with Crippen LogP contribution in [0.15, 0.2) is 78.9 Å². The lowest BCUT2D eigenvalue weighted by Gasteiger charge is -2.28. The SMILES string of the molecule is C=P(c1ccccc1)(c1ccccc1)c1cccc(OCCC)c1C=O. The predicted octanol–water partition coefficient (Wildman–Crippen LogP) is 4.01. The lowest BCUT2D eigenvalue weighted by atomic mass is 10.2. The summed E-state index contributed by atoms with van der Waals surface area (Å²) in [6.45, 7) is 0.439. The van der Waals surface area contributed by atoms with Gasteiger partial charge in [0.15, 0.2) is 6.29 Å². The van der Waals surface area contributed by atoms with E-state index in [1.807, 2.05) is 54.6 Å². The molecule has 0 aliphatic carbocycles. The molecule has 26 heavy (non-hydrogen) atoms. The van der Waals surface area contributed by atoms with Gasteiger partial charge >= 0.3 is 0 Å². The monoisotopic (exact) mass is 362 g/mol. The molecule has 0 atom stereocenters. The highest BCUT2D eigenvalue weighted by Crippen LogP contribution is 2.43. The Labute approximate surface area is 155 Å². The van der Waals surface area contributed by atoms with Crippen LogP contribution in [0.5, 0.6) is 5.75 Å². The van der Waals surface area contributed by atoms with Crippen molar-refractivity contribution in [3.05, 3.63) is 84.4 Å². The maximum atomic E-state index is 12.0. The van der Waals surface area contributed by atoms with Gasteiger partial charge in [-0.15, -0.1) is 0 Å². The quantitative estimate of drug-likeness (QED) is 0.469. The van der Waals surface area contributed by atoms with Crippen molar-refractivity contribution in [1.82, 2.24) is 0 Å². The first-order valence-electron chi connectivity index (χ1n) is 8.78. The average Bonchev–Trinajstić information content (AvgIpc) is 2.72. The van der Waals surface area contributed by atoms with E-state index in [1.54, 1.807) is 0 Å². The molecule has 0 amide bonds. The number of carbonyl (C=O) groups is 1. The van der Waals surface area contributed by atoms with Gasteiger partial charge in [0.1, 0.15) is 5.75 Å². The predicted molar refractivity (Wildman–Crippen MR) is 113 cm³/mol. The summed E-state index contributed by atoms with van der Waals surface area (Å²) in [4.78, 5) is 12.0. The van der Waals surface area contributed by atoms with E-state index in [2.05, 4.69) is 31.2 Å². The molecule has 0 spiro atoms. The molecule has 0 heterocycles. The van der Waals surface area contributed by atoms with Crippen LogP contribution in [-0.2, 0) is 0 Å². The summed E-state index contributed by atoms with van der Waals surface area (Å²) < 4.78 is 5.84. The minimum atomic E-state index is -2.20. The fourth-order valence-corrected chi connectivity index (χ4v) is 6.25.